The van der Waals surface area contributed by atoms with Crippen molar-refractivity contribution < 1.29 is 9.47 Å². The van der Waals surface area contributed by atoms with Crippen LogP contribution in [0.3, 0.4) is 0 Å². The summed E-state index contributed by atoms with van der Waals surface area (Å²) < 4.78 is 13.2. The minimum atomic E-state index is -0.543. The first-order chi connectivity index (χ1) is 10.1. The molecule has 126 valence electrons. The molecule has 2 saturated carbocycles. The molecule has 0 aromatic rings. The van der Waals surface area contributed by atoms with Gasteiger partial charge >= 0.3 is 0 Å². The lowest BCUT2D eigenvalue weighted by Crippen LogP contribution is -2.40. The highest BCUT2D eigenvalue weighted by atomic mass is 16.8. The molecule has 1 heterocycles. The van der Waals surface area contributed by atoms with Crippen LogP contribution in [0.5, 0.6) is 0 Å². The standard InChI is InChI=1S/C20H34O2/c1-8-14(3)20(7)21-17-11-15-13(2)9-10-16(15)18(4,5)12-19(17,6)22-20/h8,13,15-17H,9-12H2,1-7H3/b14-8-/t13-,15?,16-,17+,19-,20+/m1/s1. The molecule has 0 N–H and O–H groups in total. The van der Waals surface area contributed by atoms with Gasteiger partial charge in [-0.15, -0.1) is 0 Å². The Labute approximate surface area is 136 Å². The van der Waals surface area contributed by atoms with E-state index in [-0.39, 0.29) is 11.7 Å². The van der Waals surface area contributed by atoms with Crippen LogP contribution in [0.2, 0.25) is 0 Å². The summed E-state index contributed by atoms with van der Waals surface area (Å²) in [6.07, 6.45) is 7.38. The summed E-state index contributed by atoms with van der Waals surface area (Å²) in [4.78, 5) is 0. The molecular weight excluding hydrogens is 272 g/mol. The van der Waals surface area contributed by atoms with E-state index in [0.29, 0.717) is 5.41 Å². The lowest BCUT2D eigenvalue weighted by atomic mass is 9.69. The Hall–Kier alpha value is -0.340. The van der Waals surface area contributed by atoms with Crippen molar-refractivity contribution in [2.24, 2.45) is 23.2 Å². The summed E-state index contributed by atoms with van der Waals surface area (Å²) in [6, 6.07) is 0. The van der Waals surface area contributed by atoms with Gasteiger partial charge in [0.2, 0.25) is 0 Å². The zero-order valence-corrected chi connectivity index (χ0v) is 15.5. The van der Waals surface area contributed by atoms with E-state index in [1.54, 1.807) is 0 Å². The topological polar surface area (TPSA) is 18.5 Å². The number of ether oxygens (including phenoxy) is 2. The van der Waals surface area contributed by atoms with Crippen LogP contribution in [0.4, 0.5) is 0 Å². The van der Waals surface area contributed by atoms with E-state index in [2.05, 4.69) is 54.5 Å². The van der Waals surface area contributed by atoms with Crippen LogP contribution in [0.15, 0.2) is 11.6 Å². The van der Waals surface area contributed by atoms with Crippen molar-refractivity contribution in [3.8, 4) is 0 Å². The van der Waals surface area contributed by atoms with Crippen LogP contribution >= 0.6 is 0 Å². The fourth-order valence-electron chi connectivity index (χ4n) is 5.73. The molecular formula is C20H34O2. The van der Waals surface area contributed by atoms with Crippen LogP contribution in [0, 0.1) is 23.2 Å². The van der Waals surface area contributed by atoms with E-state index in [1.807, 2.05) is 0 Å². The highest BCUT2D eigenvalue weighted by Gasteiger charge is 2.59. The van der Waals surface area contributed by atoms with Gasteiger partial charge in [0.25, 0.3) is 0 Å². The minimum Gasteiger partial charge on any atom is -0.340 e. The molecule has 1 saturated heterocycles. The number of fused-ring (bicyclic) bond motifs is 2. The smallest absolute Gasteiger partial charge is 0.188 e. The molecule has 2 heteroatoms. The Balaban J connectivity index is 1.95. The first kappa shape index (κ1) is 16.5. The van der Waals surface area contributed by atoms with Crippen molar-refractivity contribution in [1.82, 2.24) is 0 Å². The molecule has 0 bridgehead atoms. The second-order valence-corrected chi connectivity index (χ2v) is 9.16. The molecule has 0 radical (unpaired) electrons. The van der Waals surface area contributed by atoms with Crippen molar-refractivity contribution in [1.29, 1.82) is 0 Å². The molecule has 1 aliphatic heterocycles. The lowest BCUT2D eigenvalue weighted by Gasteiger charge is -2.39. The zero-order chi connectivity index (χ0) is 16.3. The van der Waals surface area contributed by atoms with Gasteiger partial charge in [0, 0.05) is 0 Å². The maximum absolute atomic E-state index is 6.62. The van der Waals surface area contributed by atoms with Crippen molar-refractivity contribution >= 4 is 0 Å². The van der Waals surface area contributed by atoms with E-state index < -0.39 is 5.79 Å². The molecule has 0 spiro atoms. The van der Waals surface area contributed by atoms with Gasteiger partial charge in [0.15, 0.2) is 5.79 Å². The predicted molar refractivity (Wildman–Crippen MR) is 90.6 cm³/mol. The number of hydrogen-bond donors (Lipinski definition) is 0. The Kier molecular flexibility index (Phi) is 3.81. The average Bonchev–Trinajstić information content (AvgIpc) is 2.86. The molecule has 3 aliphatic rings. The monoisotopic (exact) mass is 306 g/mol. The summed E-state index contributed by atoms with van der Waals surface area (Å²) in [5.41, 5.74) is 1.36. The average molecular weight is 306 g/mol. The van der Waals surface area contributed by atoms with Gasteiger partial charge in [-0.05, 0) is 75.7 Å². The summed E-state index contributed by atoms with van der Waals surface area (Å²) in [6.45, 7) is 15.9. The molecule has 22 heavy (non-hydrogen) atoms. The van der Waals surface area contributed by atoms with Crippen LogP contribution < -0.4 is 0 Å². The van der Waals surface area contributed by atoms with Gasteiger partial charge in [-0.1, -0.05) is 33.3 Å². The highest BCUT2D eigenvalue weighted by molar-refractivity contribution is 5.15. The molecule has 0 amide bonds. The molecule has 2 nitrogen and oxygen atoms in total. The molecule has 2 aliphatic carbocycles. The SMILES string of the molecule is C/C=C(/C)[C@@]1(C)O[C@H]2CC3[C@H](C)CC[C@H]3C(C)(C)C[C@@]2(C)O1. The van der Waals surface area contributed by atoms with Crippen molar-refractivity contribution in [3.05, 3.63) is 11.6 Å². The van der Waals surface area contributed by atoms with Gasteiger partial charge in [-0.2, -0.15) is 0 Å². The van der Waals surface area contributed by atoms with Crippen molar-refractivity contribution in [2.45, 2.75) is 91.6 Å². The van der Waals surface area contributed by atoms with Gasteiger partial charge < -0.3 is 9.47 Å². The van der Waals surface area contributed by atoms with Crippen LogP contribution in [0.25, 0.3) is 0 Å². The van der Waals surface area contributed by atoms with E-state index in [9.17, 15) is 0 Å². The molecule has 6 atom stereocenters. The third-order valence-corrected chi connectivity index (χ3v) is 7.10. The molecule has 3 fully saturated rings. The first-order valence-electron chi connectivity index (χ1n) is 9.13. The second kappa shape index (κ2) is 5.08. The molecule has 3 rings (SSSR count). The largest absolute Gasteiger partial charge is 0.340 e. The van der Waals surface area contributed by atoms with E-state index >= 15 is 0 Å². The van der Waals surface area contributed by atoms with Crippen molar-refractivity contribution in [2.75, 3.05) is 0 Å². The van der Waals surface area contributed by atoms with E-state index in [0.717, 1.165) is 24.2 Å². The van der Waals surface area contributed by atoms with Gasteiger partial charge in [0.05, 0.1) is 11.7 Å². The Morgan fingerprint density at radius 3 is 2.45 bits per heavy atom. The normalized spacial score (nSPS) is 51.3. The quantitative estimate of drug-likeness (QED) is 0.610. The number of hydrogen-bond acceptors (Lipinski definition) is 2. The lowest BCUT2D eigenvalue weighted by molar-refractivity contribution is -0.156. The van der Waals surface area contributed by atoms with Gasteiger partial charge in [-0.3, -0.25) is 0 Å². The second-order valence-electron chi connectivity index (χ2n) is 9.16. The third kappa shape index (κ3) is 2.38. The molecule has 0 aromatic carbocycles. The molecule has 0 aromatic heterocycles. The highest BCUT2D eigenvalue weighted by Crippen LogP contribution is 2.59. The maximum atomic E-state index is 6.62. The predicted octanol–water partition coefficient (Wildman–Crippen LogP) is 5.33. The van der Waals surface area contributed by atoms with Crippen LogP contribution in [0.1, 0.15) is 74.1 Å². The van der Waals surface area contributed by atoms with E-state index in [1.165, 1.54) is 24.8 Å². The van der Waals surface area contributed by atoms with Crippen molar-refractivity contribution in [3.63, 3.8) is 0 Å². The van der Waals surface area contributed by atoms with Crippen LogP contribution in [-0.4, -0.2) is 17.5 Å². The third-order valence-electron chi connectivity index (χ3n) is 7.10. The maximum Gasteiger partial charge on any atom is 0.188 e. The van der Waals surface area contributed by atoms with Gasteiger partial charge in [0.1, 0.15) is 0 Å². The summed E-state index contributed by atoms with van der Waals surface area (Å²) in [5.74, 6) is 1.90. The number of allylic oxidation sites excluding steroid dienone is 1. The van der Waals surface area contributed by atoms with Crippen LogP contribution in [-0.2, 0) is 9.47 Å². The summed E-state index contributed by atoms with van der Waals surface area (Å²) >= 11 is 0. The van der Waals surface area contributed by atoms with E-state index in [4.69, 9.17) is 9.47 Å². The Morgan fingerprint density at radius 1 is 1.14 bits per heavy atom. The zero-order valence-electron chi connectivity index (χ0n) is 15.5. The summed E-state index contributed by atoms with van der Waals surface area (Å²) in [5, 5.41) is 0. The molecule has 1 unspecified atom stereocenters. The summed E-state index contributed by atoms with van der Waals surface area (Å²) in [7, 11) is 0. The fourth-order valence-corrected chi connectivity index (χ4v) is 5.73. The Morgan fingerprint density at radius 2 is 1.82 bits per heavy atom. The Bertz CT molecular complexity index is 480. The van der Waals surface area contributed by atoms with Gasteiger partial charge in [-0.25, -0.2) is 0 Å². The fraction of sp³-hybridized carbons (Fsp3) is 0.900. The first-order valence-corrected chi connectivity index (χ1v) is 9.13. The number of rotatable bonds is 1. The minimum absolute atomic E-state index is 0.160.